The number of nitrogens with one attached hydrogen (secondary N) is 1. The van der Waals surface area contributed by atoms with Crippen molar-refractivity contribution in [2.45, 2.75) is 26.2 Å². The van der Waals surface area contributed by atoms with Crippen molar-refractivity contribution in [3.8, 4) is 0 Å². The van der Waals surface area contributed by atoms with Crippen LogP contribution in [0.15, 0.2) is 42.6 Å². The molecule has 0 amide bonds. The van der Waals surface area contributed by atoms with Crippen molar-refractivity contribution in [2.75, 3.05) is 20.1 Å². The van der Waals surface area contributed by atoms with Crippen LogP contribution in [0.1, 0.15) is 38.5 Å². The Morgan fingerprint density at radius 1 is 1.15 bits per heavy atom. The van der Waals surface area contributed by atoms with E-state index in [9.17, 15) is 4.79 Å². The van der Waals surface area contributed by atoms with Crippen molar-refractivity contribution in [1.82, 2.24) is 9.88 Å². The average molecular weight is 362 g/mol. The van der Waals surface area contributed by atoms with E-state index in [1.807, 2.05) is 18.3 Å². The first kappa shape index (κ1) is 17.8. The van der Waals surface area contributed by atoms with Gasteiger partial charge in [0, 0.05) is 36.1 Å². The fraction of sp³-hybridized carbons (Fsp3) is 0.348. The van der Waals surface area contributed by atoms with E-state index in [0.717, 1.165) is 19.5 Å². The van der Waals surface area contributed by atoms with E-state index in [1.165, 1.54) is 33.2 Å². The highest BCUT2D eigenvalue weighted by molar-refractivity contribution is 5.88. The molecule has 2 aromatic carbocycles. The van der Waals surface area contributed by atoms with Gasteiger partial charge in [-0.15, -0.1) is 0 Å². The smallest absolute Gasteiger partial charge is 0.335 e. The molecule has 0 spiro atoms. The maximum Gasteiger partial charge on any atom is 0.335 e. The molecule has 4 heteroatoms. The number of aryl methyl sites for hydroxylation is 2. The van der Waals surface area contributed by atoms with Gasteiger partial charge in [-0.25, -0.2) is 4.79 Å². The molecule has 0 bridgehead atoms. The van der Waals surface area contributed by atoms with Gasteiger partial charge in [-0.1, -0.05) is 18.2 Å². The van der Waals surface area contributed by atoms with Gasteiger partial charge in [0.05, 0.1) is 5.56 Å². The number of aromatic nitrogens is 1. The van der Waals surface area contributed by atoms with Crippen LogP contribution in [0.2, 0.25) is 0 Å². The lowest BCUT2D eigenvalue weighted by Gasteiger charge is -2.21. The van der Waals surface area contributed by atoms with Gasteiger partial charge in [0.2, 0.25) is 0 Å². The summed E-state index contributed by atoms with van der Waals surface area (Å²) in [5.74, 6) is 0.0736. The van der Waals surface area contributed by atoms with Crippen LogP contribution in [-0.4, -0.2) is 41.1 Å². The van der Waals surface area contributed by atoms with Crippen LogP contribution in [0.5, 0.6) is 0 Å². The van der Waals surface area contributed by atoms with E-state index >= 15 is 0 Å². The van der Waals surface area contributed by atoms with Gasteiger partial charge in [0.15, 0.2) is 0 Å². The second-order valence-corrected chi connectivity index (χ2v) is 7.97. The Morgan fingerprint density at radius 3 is 2.59 bits per heavy atom. The van der Waals surface area contributed by atoms with E-state index in [-0.39, 0.29) is 0 Å². The van der Waals surface area contributed by atoms with Gasteiger partial charge in [0.25, 0.3) is 0 Å². The molecule has 140 valence electrons. The molecule has 27 heavy (non-hydrogen) atoms. The third-order valence-corrected chi connectivity index (χ3v) is 6.05. The van der Waals surface area contributed by atoms with Gasteiger partial charge >= 0.3 is 5.97 Å². The van der Waals surface area contributed by atoms with Crippen LogP contribution in [0.25, 0.3) is 10.9 Å². The number of nitrogens with zero attached hydrogens (tertiary/aromatic N) is 1. The zero-order chi connectivity index (χ0) is 19.1. The van der Waals surface area contributed by atoms with Crippen molar-refractivity contribution in [3.63, 3.8) is 0 Å². The molecule has 0 unspecified atom stereocenters. The van der Waals surface area contributed by atoms with E-state index in [0.29, 0.717) is 17.4 Å². The third kappa shape index (κ3) is 3.26. The molecule has 0 saturated carbocycles. The predicted molar refractivity (Wildman–Crippen MR) is 109 cm³/mol. The summed E-state index contributed by atoms with van der Waals surface area (Å²) in [4.78, 5) is 16.9. The van der Waals surface area contributed by atoms with Crippen LogP contribution >= 0.6 is 0 Å². The van der Waals surface area contributed by atoms with Gasteiger partial charge in [-0.2, -0.15) is 0 Å². The Labute approximate surface area is 159 Å². The number of carboxylic acid groups (broad SMARTS) is 1. The van der Waals surface area contributed by atoms with Crippen molar-refractivity contribution in [2.24, 2.45) is 5.92 Å². The Kier molecular flexibility index (Phi) is 4.52. The standard InChI is InChI=1S/C23H26N2O2/c1-14-10-15(2)22-19(8-9-24-22)20(14)11-18-12-25(3)13-21(18)16-4-6-17(7-5-16)23(26)27/h4-10,18,21,24H,11-13H2,1-3H3,(H,26,27)/t18-,21+/m0/s1. The number of H-pyrrole nitrogens is 1. The average Bonchev–Trinajstić information content (AvgIpc) is 3.25. The fourth-order valence-corrected chi connectivity index (χ4v) is 4.72. The van der Waals surface area contributed by atoms with Crippen molar-refractivity contribution < 1.29 is 9.90 Å². The van der Waals surface area contributed by atoms with Gasteiger partial charge in [0.1, 0.15) is 0 Å². The van der Waals surface area contributed by atoms with Gasteiger partial charge < -0.3 is 15.0 Å². The minimum absolute atomic E-state index is 0.352. The molecule has 2 N–H and O–H groups in total. The number of hydrogen-bond acceptors (Lipinski definition) is 2. The normalized spacial score (nSPS) is 20.4. The second-order valence-electron chi connectivity index (χ2n) is 7.97. The topological polar surface area (TPSA) is 56.3 Å². The van der Waals surface area contributed by atoms with Crippen molar-refractivity contribution in [1.29, 1.82) is 0 Å². The van der Waals surface area contributed by atoms with Crippen LogP contribution in [-0.2, 0) is 6.42 Å². The molecular weight excluding hydrogens is 336 g/mol. The van der Waals surface area contributed by atoms with E-state index in [2.05, 4.69) is 42.9 Å². The first-order chi connectivity index (χ1) is 12.9. The summed E-state index contributed by atoms with van der Waals surface area (Å²) >= 11 is 0. The van der Waals surface area contributed by atoms with Crippen molar-refractivity contribution in [3.05, 3.63) is 70.4 Å². The molecule has 2 heterocycles. The van der Waals surface area contributed by atoms with Gasteiger partial charge in [-0.3, -0.25) is 0 Å². The lowest BCUT2D eigenvalue weighted by atomic mass is 9.82. The number of rotatable bonds is 4. The summed E-state index contributed by atoms with van der Waals surface area (Å²) in [5, 5.41) is 10.5. The second kappa shape index (κ2) is 6.86. The quantitative estimate of drug-likeness (QED) is 0.724. The maximum absolute atomic E-state index is 11.1. The number of carboxylic acids is 1. The minimum Gasteiger partial charge on any atom is -0.478 e. The zero-order valence-corrected chi connectivity index (χ0v) is 16.1. The number of aromatic amines is 1. The number of fused-ring (bicyclic) bond motifs is 1. The molecular formula is C23H26N2O2. The molecule has 1 fully saturated rings. The Hall–Kier alpha value is -2.59. The third-order valence-electron chi connectivity index (χ3n) is 6.05. The monoisotopic (exact) mass is 362 g/mol. The van der Waals surface area contributed by atoms with Crippen LogP contribution in [0, 0.1) is 19.8 Å². The van der Waals surface area contributed by atoms with E-state index < -0.39 is 5.97 Å². The van der Waals surface area contributed by atoms with Gasteiger partial charge in [-0.05, 0) is 73.7 Å². The largest absolute Gasteiger partial charge is 0.478 e. The predicted octanol–water partition coefficient (Wildman–Crippen LogP) is 4.37. The highest BCUT2D eigenvalue weighted by Gasteiger charge is 2.32. The number of likely N-dealkylation sites (tertiary alicyclic amines) is 1. The molecule has 1 aliphatic heterocycles. The summed E-state index contributed by atoms with van der Waals surface area (Å²) in [7, 11) is 2.17. The molecule has 1 aliphatic rings. The van der Waals surface area contributed by atoms with Crippen LogP contribution in [0.3, 0.4) is 0 Å². The summed E-state index contributed by atoms with van der Waals surface area (Å²) in [6.07, 6.45) is 3.07. The zero-order valence-electron chi connectivity index (χ0n) is 16.1. The molecule has 1 aromatic heterocycles. The lowest BCUT2D eigenvalue weighted by Crippen LogP contribution is -2.16. The number of hydrogen-bond donors (Lipinski definition) is 2. The Morgan fingerprint density at radius 2 is 1.89 bits per heavy atom. The molecule has 0 aliphatic carbocycles. The maximum atomic E-state index is 11.1. The fourth-order valence-electron chi connectivity index (χ4n) is 4.72. The number of benzene rings is 2. The number of likely N-dealkylation sites (N-methyl/N-ethyl adjacent to an activating group) is 1. The van der Waals surface area contributed by atoms with E-state index in [1.54, 1.807) is 12.1 Å². The first-order valence-electron chi connectivity index (χ1n) is 9.52. The molecule has 2 atom stereocenters. The number of carbonyl (C=O) groups is 1. The summed E-state index contributed by atoms with van der Waals surface area (Å²) < 4.78 is 0. The Bertz CT molecular complexity index is 988. The minimum atomic E-state index is -0.869. The molecule has 1 saturated heterocycles. The SMILES string of the molecule is Cc1cc(C)c2[nH]ccc2c1C[C@H]1CN(C)C[C@@H]1c1ccc(C(=O)O)cc1. The first-order valence-corrected chi connectivity index (χ1v) is 9.52. The molecule has 4 rings (SSSR count). The Balaban J connectivity index is 1.66. The highest BCUT2D eigenvalue weighted by Crippen LogP contribution is 2.37. The van der Waals surface area contributed by atoms with Crippen LogP contribution < -0.4 is 0 Å². The summed E-state index contributed by atoms with van der Waals surface area (Å²) in [5.41, 5.74) is 6.91. The van der Waals surface area contributed by atoms with Crippen molar-refractivity contribution >= 4 is 16.9 Å². The number of aromatic carboxylic acids is 1. The molecule has 4 nitrogen and oxygen atoms in total. The lowest BCUT2D eigenvalue weighted by molar-refractivity contribution is 0.0697. The summed E-state index contributed by atoms with van der Waals surface area (Å²) in [6, 6.07) is 11.9. The molecule has 0 radical (unpaired) electrons. The van der Waals surface area contributed by atoms with Crippen LogP contribution in [0.4, 0.5) is 0 Å². The highest BCUT2D eigenvalue weighted by atomic mass is 16.4. The summed E-state index contributed by atoms with van der Waals surface area (Å²) in [6.45, 7) is 6.44. The molecule has 3 aromatic rings. The van der Waals surface area contributed by atoms with E-state index in [4.69, 9.17) is 5.11 Å².